The van der Waals surface area contributed by atoms with E-state index in [0.29, 0.717) is 5.39 Å². The molecule has 2 N–H and O–H groups in total. The van der Waals surface area contributed by atoms with E-state index < -0.39 is 28.7 Å². The van der Waals surface area contributed by atoms with Crippen molar-refractivity contribution in [3.63, 3.8) is 0 Å². The molecule has 0 saturated heterocycles. The molecule has 2 rings (SSSR count). The van der Waals surface area contributed by atoms with Crippen LogP contribution >= 0.6 is 0 Å². The molecule has 20 heavy (non-hydrogen) atoms. The van der Waals surface area contributed by atoms with Gasteiger partial charge in [0, 0.05) is 12.1 Å². The zero-order valence-corrected chi connectivity index (χ0v) is 9.95. The van der Waals surface area contributed by atoms with Gasteiger partial charge < -0.3 is 10.1 Å². The molecule has 0 fully saturated rings. The van der Waals surface area contributed by atoms with E-state index in [4.69, 9.17) is 5.11 Å². The van der Waals surface area contributed by atoms with Crippen LogP contribution in [0.2, 0.25) is 0 Å². The summed E-state index contributed by atoms with van der Waals surface area (Å²) in [5, 5.41) is 19.6. The molecule has 0 aliphatic carbocycles. The number of benzene rings is 1. The van der Waals surface area contributed by atoms with Crippen LogP contribution in [0.3, 0.4) is 0 Å². The van der Waals surface area contributed by atoms with E-state index in [9.17, 15) is 24.5 Å². The summed E-state index contributed by atoms with van der Waals surface area (Å²) in [6.07, 6.45) is -0.790. The minimum atomic E-state index is -1.34. The third kappa shape index (κ3) is 2.53. The number of nitro groups is 1. The average molecular weight is 276 g/mol. The second-order valence-corrected chi connectivity index (χ2v) is 4.03. The maximum atomic E-state index is 11.7. The summed E-state index contributed by atoms with van der Waals surface area (Å²) in [5.41, 5.74) is -1.05. The number of ketones is 1. The number of fused-ring (bicyclic) bond motifs is 1. The SMILES string of the molecule is O=C(O)CC(=O)c1cc2ccc([N+](=O)[O-])cc2[nH]c1=O. The number of carboxylic acid groups (broad SMARTS) is 1. The fraction of sp³-hybridized carbons (Fsp3) is 0.0833. The average Bonchev–Trinajstić information content (AvgIpc) is 2.36. The number of aliphatic carboxylic acids is 1. The van der Waals surface area contributed by atoms with E-state index >= 15 is 0 Å². The van der Waals surface area contributed by atoms with Crippen LogP contribution in [-0.2, 0) is 4.79 Å². The Bertz CT molecular complexity index is 792. The van der Waals surface area contributed by atoms with Gasteiger partial charge in [-0.2, -0.15) is 0 Å². The van der Waals surface area contributed by atoms with Gasteiger partial charge in [0.25, 0.3) is 11.2 Å². The zero-order chi connectivity index (χ0) is 14.9. The third-order valence-corrected chi connectivity index (χ3v) is 2.65. The van der Waals surface area contributed by atoms with E-state index in [2.05, 4.69) is 4.98 Å². The van der Waals surface area contributed by atoms with Crippen LogP contribution < -0.4 is 5.56 Å². The first kappa shape index (κ1) is 13.4. The number of carboxylic acids is 1. The van der Waals surface area contributed by atoms with Crippen LogP contribution in [0.15, 0.2) is 29.1 Å². The summed E-state index contributed by atoms with van der Waals surface area (Å²) in [5.74, 6) is -2.16. The molecular weight excluding hydrogens is 268 g/mol. The molecule has 0 unspecified atom stereocenters. The fourth-order valence-corrected chi connectivity index (χ4v) is 1.74. The number of nitro benzene ring substituents is 1. The lowest BCUT2D eigenvalue weighted by molar-refractivity contribution is -0.384. The maximum Gasteiger partial charge on any atom is 0.311 e. The summed E-state index contributed by atoms with van der Waals surface area (Å²) in [4.78, 5) is 46.1. The van der Waals surface area contributed by atoms with Crippen molar-refractivity contribution in [3.8, 4) is 0 Å². The largest absolute Gasteiger partial charge is 0.481 e. The molecule has 8 heteroatoms. The van der Waals surface area contributed by atoms with Crippen molar-refractivity contribution >= 4 is 28.3 Å². The number of hydrogen-bond donors (Lipinski definition) is 2. The van der Waals surface area contributed by atoms with Crippen molar-refractivity contribution in [1.82, 2.24) is 4.98 Å². The van der Waals surface area contributed by atoms with Gasteiger partial charge in [-0.15, -0.1) is 0 Å². The molecular formula is C12H8N2O6. The molecule has 0 spiro atoms. The molecule has 102 valence electrons. The zero-order valence-electron chi connectivity index (χ0n) is 9.95. The van der Waals surface area contributed by atoms with Crippen molar-refractivity contribution < 1.29 is 19.6 Å². The first-order valence-electron chi connectivity index (χ1n) is 5.45. The molecule has 0 radical (unpaired) electrons. The van der Waals surface area contributed by atoms with Gasteiger partial charge in [0.1, 0.15) is 6.42 Å². The van der Waals surface area contributed by atoms with Gasteiger partial charge in [0.2, 0.25) is 0 Å². The number of pyridine rings is 1. The summed E-state index contributed by atoms with van der Waals surface area (Å²) >= 11 is 0. The predicted octanol–water partition coefficient (Wildman–Crippen LogP) is 1.09. The van der Waals surface area contributed by atoms with Gasteiger partial charge in [-0.1, -0.05) is 0 Å². The number of non-ortho nitro benzene ring substituents is 1. The Morgan fingerprint density at radius 3 is 2.60 bits per heavy atom. The van der Waals surface area contributed by atoms with Gasteiger partial charge in [-0.3, -0.25) is 24.5 Å². The monoisotopic (exact) mass is 276 g/mol. The van der Waals surface area contributed by atoms with E-state index in [0.717, 1.165) is 0 Å². The van der Waals surface area contributed by atoms with Gasteiger partial charge in [0.05, 0.1) is 16.0 Å². The Labute approximate surface area is 110 Å². The Morgan fingerprint density at radius 2 is 2.00 bits per heavy atom. The topological polar surface area (TPSA) is 130 Å². The van der Waals surface area contributed by atoms with Crippen molar-refractivity contribution in [2.45, 2.75) is 6.42 Å². The number of carbonyl (C=O) groups is 2. The van der Waals surface area contributed by atoms with E-state index in [-0.39, 0.29) is 16.8 Å². The molecule has 0 bridgehead atoms. The van der Waals surface area contributed by atoms with Crippen molar-refractivity contribution in [3.05, 3.63) is 50.3 Å². The lowest BCUT2D eigenvalue weighted by Gasteiger charge is -2.01. The number of nitrogens with zero attached hydrogens (tertiary/aromatic N) is 1. The molecule has 0 aliphatic rings. The van der Waals surface area contributed by atoms with E-state index in [1.807, 2.05) is 0 Å². The molecule has 0 atom stereocenters. The molecule has 0 amide bonds. The highest BCUT2D eigenvalue weighted by atomic mass is 16.6. The Balaban J connectivity index is 2.56. The van der Waals surface area contributed by atoms with Crippen molar-refractivity contribution in [1.29, 1.82) is 0 Å². The number of Topliss-reactive ketones (excluding diaryl/α,β-unsaturated/α-hetero) is 1. The minimum absolute atomic E-state index is 0.197. The molecule has 1 heterocycles. The van der Waals surface area contributed by atoms with Crippen molar-refractivity contribution in [2.75, 3.05) is 0 Å². The predicted molar refractivity (Wildman–Crippen MR) is 67.8 cm³/mol. The third-order valence-electron chi connectivity index (χ3n) is 2.65. The van der Waals surface area contributed by atoms with Crippen LogP contribution in [0.4, 0.5) is 5.69 Å². The van der Waals surface area contributed by atoms with Crippen LogP contribution in [0, 0.1) is 10.1 Å². The lowest BCUT2D eigenvalue weighted by atomic mass is 10.1. The smallest absolute Gasteiger partial charge is 0.311 e. The second-order valence-electron chi connectivity index (χ2n) is 4.03. The second kappa shape index (κ2) is 4.92. The highest BCUT2D eigenvalue weighted by Crippen LogP contribution is 2.19. The lowest BCUT2D eigenvalue weighted by Crippen LogP contribution is -2.19. The summed E-state index contributed by atoms with van der Waals surface area (Å²) in [6, 6.07) is 5.00. The fourth-order valence-electron chi connectivity index (χ4n) is 1.74. The summed E-state index contributed by atoms with van der Waals surface area (Å²) in [6.45, 7) is 0. The van der Waals surface area contributed by atoms with Gasteiger partial charge in [-0.05, 0) is 17.5 Å². The number of nitrogens with one attached hydrogen (secondary N) is 1. The quantitative estimate of drug-likeness (QED) is 0.372. The molecule has 1 aromatic heterocycles. The van der Waals surface area contributed by atoms with Gasteiger partial charge in [0.15, 0.2) is 5.78 Å². The number of aromatic amines is 1. The first-order valence-corrected chi connectivity index (χ1v) is 5.45. The standard InChI is InChI=1S/C12H8N2O6/c15-10(5-11(16)17)8-3-6-1-2-7(14(19)20)4-9(6)13-12(8)18/h1-4H,5H2,(H,13,18)(H,16,17). The van der Waals surface area contributed by atoms with Crippen LogP contribution in [0.25, 0.3) is 10.9 Å². The molecule has 2 aromatic rings. The van der Waals surface area contributed by atoms with Crippen LogP contribution in [-0.4, -0.2) is 26.8 Å². The minimum Gasteiger partial charge on any atom is -0.481 e. The Morgan fingerprint density at radius 1 is 1.30 bits per heavy atom. The van der Waals surface area contributed by atoms with Crippen LogP contribution in [0.5, 0.6) is 0 Å². The van der Waals surface area contributed by atoms with E-state index in [1.54, 1.807) is 0 Å². The molecule has 0 saturated carbocycles. The number of rotatable bonds is 4. The van der Waals surface area contributed by atoms with E-state index in [1.165, 1.54) is 24.3 Å². The van der Waals surface area contributed by atoms with Crippen molar-refractivity contribution in [2.24, 2.45) is 0 Å². The molecule has 1 aromatic carbocycles. The first-order chi connectivity index (χ1) is 9.38. The number of carbonyl (C=O) groups excluding carboxylic acids is 1. The normalized spacial score (nSPS) is 10.4. The molecule has 0 aliphatic heterocycles. The summed E-state index contributed by atoms with van der Waals surface area (Å²) in [7, 11) is 0. The van der Waals surface area contributed by atoms with Gasteiger partial charge in [-0.25, -0.2) is 0 Å². The Kier molecular flexibility index (Phi) is 3.30. The number of hydrogen-bond acceptors (Lipinski definition) is 5. The maximum absolute atomic E-state index is 11.7. The molecule has 8 nitrogen and oxygen atoms in total. The number of aromatic nitrogens is 1. The van der Waals surface area contributed by atoms with Crippen LogP contribution in [0.1, 0.15) is 16.8 Å². The number of H-pyrrole nitrogens is 1. The van der Waals surface area contributed by atoms with Gasteiger partial charge >= 0.3 is 5.97 Å². The highest BCUT2D eigenvalue weighted by Gasteiger charge is 2.16. The summed E-state index contributed by atoms with van der Waals surface area (Å²) < 4.78 is 0. The Hall–Kier alpha value is -3.03. The highest BCUT2D eigenvalue weighted by molar-refractivity contribution is 6.06.